The van der Waals surface area contributed by atoms with Crippen LogP contribution in [0.15, 0.2) is 30.4 Å². The Bertz CT molecular complexity index is 768. The topological polar surface area (TPSA) is 60.8 Å². The second kappa shape index (κ2) is 5.18. The third kappa shape index (κ3) is 2.04. The zero-order valence-corrected chi connectivity index (χ0v) is 14.4. The zero-order valence-electron chi connectivity index (χ0n) is 14.4. The fraction of sp³-hybridized carbons (Fsp3) is 0.571. The summed E-state index contributed by atoms with van der Waals surface area (Å²) in [5, 5.41) is 21.9. The predicted molar refractivity (Wildman–Crippen MR) is 94.5 cm³/mol. The molecule has 1 aromatic rings. The predicted octanol–water partition coefficient (Wildman–Crippen LogP) is 2.32. The van der Waals surface area contributed by atoms with Crippen molar-refractivity contribution in [1.29, 1.82) is 0 Å². The number of phenolic OH excluding ortho intramolecular Hbond substituents is 1. The number of aliphatic hydroxyl groups is 1. The van der Waals surface area contributed by atoms with Crippen LogP contribution in [0.4, 0.5) is 0 Å². The highest BCUT2D eigenvalue weighted by atomic mass is 16.3. The van der Waals surface area contributed by atoms with Crippen molar-refractivity contribution >= 4 is 5.78 Å². The van der Waals surface area contributed by atoms with Crippen LogP contribution < -0.4 is 0 Å². The van der Waals surface area contributed by atoms with Crippen LogP contribution >= 0.6 is 0 Å². The number of piperidine rings is 1. The number of hydrogen-bond donors (Lipinski definition) is 2. The molecule has 1 saturated carbocycles. The molecule has 1 aliphatic heterocycles. The van der Waals surface area contributed by atoms with Crippen molar-refractivity contribution in [3.05, 3.63) is 41.5 Å². The lowest BCUT2D eigenvalue weighted by molar-refractivity contribution is -0.140. The Hall–Kier alpha value is -1.65. The highest BCUT2D eigenvalue weighted by Gasteiger charge is 2.63. The normalized spacial score (nSPS) is 37.3. The lowest BCUT2D eigenvalue weighted by atomic mass is 9.51. The number of nitrogens with zero attached hydrogens (tertiary/aromatic N) is 1. The molecule has 1 heterocycles. The highest BCUT2D eigenvalue weighted by Crippen LogP contribution is 2.56. The van der Waals surface area contributed by atoms with E-state index in [2.05, 4.69) is 4.90 Å². The van der Waals surface area contributed by atoms with E-state index in [0.717, 1.165) is 37.4 Å². The Balaban J connectivity index is 1.64. The number of phenols is 1. The van der Waals surface area contributed by atoms with E-state index in [4.69, 9.17) is 0 Å². The summed E-state index contributed by atoms with van der Waals surface area (Å²) in [6.07, 6.45) is 9.14. The first-order chi connectivity index (χ1) is 12.0. The van der Waals surface area contributed by atoms with Gasteiger partial charge in [-0.25, -0.2) is 0 Å². The lowest BCUT2D eigenvalue weighted by Crippen LogP contribution is -2.72. The van der Waals surface area contributed by atoms with Crippen molar-refractivity contribution in [2.75, 3.05) is 13.1 Å². The van der Waals surface area contributed by atoms with Gasteiger partial charge in [0.15, 0.2) is 5.78 Å². The molecule has 0 unspecified atom stereocenters. The molecule has 0 spiro atoms. The summed E-state index contributed by atoms with van der Waals surface area (Å²) in [6, 6.07) is 5.51. The highest BCUT2D eigenvalue weighted by molar-refractivity contribution is 5.93. The maximum Gasteiger partial charge on any atom is 0.156 e. The summed E-state index contributed by atoms with van der Waals surface area (Å²) in [6.45, 7) is 1.97. The largest absolute Gasteiger partial charge is 0.508 e. The van der Waals surface area contributed by atoms with E-state index < -0.39 is 11.0 Å². The van der Waals surface area contributed by atoms with Crippen LogP contribution in [0.3, 0.4) is 0 Å². The molecule has 5 rings (SSSR count). The molecule has 0 radical (unpaired) electrons. The molecular formula is C21H25NO3. The number of aromatic hydroxyl groups is 1. The smallest absolute Gasteiger partial charge is 0.156 e. The van der Waals surface area contributed by atoms with E-state index in [1.54, 1.807) is 24.3 Å². The first-order valence-corrected chi connectivity index (χ1v) is 9.53. The molecule has 1 aromatic carbocycles. The van der Waals surface area contributed by atoms with Gasteiger partial charge in [0.05, 0.1) is 0 Å². The van der Waals surface area contributed by atoms with Crippen molar-refractivity contribution in [3.63, 3.8) is 0 Å². The Morgan fingerprint density at radius 3 is 2.88 bits per heavy atom. The number of hydrogen-bond acceptors (Lipinski definition) is 4. The van der Waals surface area contributed by atoms with Gasteiger partial charge in [0.1, 0.15) is 11.4 Å². The number of benzene rings is 1. The van der Waals surface area contributed by atoms with Crippen LogP contribution in [0.1, 0.15) is 43.2 Å². The average molecular weight is 339 g/mol. The molecule has 2 fully saturated rings. The fourth-order valence-electron chi connectivity index (χ4n) is 5.72. The Morgan fingerprint density at radius 1 is 1.28 bits per heavy atom. The number of fused-ring (bicyclic) bond motifs is 1. The van der Waals surface area contributed by atoms with Crippen LogP contribution in [0.2, 0.25) is 0 Å². The van der Waals surface area contributed by atoms with Gasteiger partial charge >= 0.3 is 0 Å². The van der Waals surface area contributed by atoms with Gasteiger partial charge in [-0.2, -0.15) is 0 Å². The number of allylic oxidation sites excluding steroid dienone is 1. The summed E-state index contributed by atoms with van der Waals surface area (Å²) in [7, 11) is 0. The Kier molecular flexibility index (Phi) is 3.23. The molecule has 1 saturated heterocycles. The molecule has 4 nitrogen and oxygen atoms in total. The van der Waals surface area contributed by atoms with E-state index in [0.29, 0.717) is 6.42 Å². The van der Waals surface area contributed by atoms with Crippen molar-refractivity contribution in [3.8, 4) is 5.75 Å². The van der Waals surface area contributed by atoms with Crippen LogP contribution in [-0.2, 0) is 16.6 Å². The maximum absolute atomic E-state index is 12.3. The average Bonchev–Trinajstić information content (AvgIpc) is 2.54. The quantitative estimate of drug-likeness (QED) is 0.868. The van der Waals surface area contributed by atoms with E-state index in [9.17, 15) is 15.0 Å². The van der Waals surface area contributed by atoms with E-state index in [1.807, 2.05) is 6.07 Å². The van der Waals surface area contributed by atoms with Crippen molar-refractivity contribution in [2.45, 2.75) is 55.6 Å². The minimum Gasteiger partial charge on any atom is -0.508 e. The molecule has 4 aliphatic rings. The zero-order chi connectivity index (χ0) is 17.2. The standard InChI is InChI=1S/C21H25NO3/c23-16-5-4-15-10-19-21(25)7-6-17(24)12-20(21,18(15)11-16)8-9-22(19)13-14-2-1-3-14/h4-7,11,14,19,23,25H,1-3,8-10,12-13H2/t19-,20-,21-/m1/s1. The number of carbonyl (C=O) groups excluding carboxylic acids is 1. The van der Waals surface area contributed by atoms with Gasteiger partial charge in [0, 0.05) is 24.4 Å². The first kappa shape index (κ1) is 15.6. The number of rotatable bonds is 2. The van der Waals surface area contributed by atoms with Gasteiger partial charge in [-0.15, -0.1) is 0 Å². The molecule has 4 heteroatoms. The lowest BCUT2D eigenvalue weighted by Gasteiger charge is -2.62. The summed E-state index contributed by atoms with van der Waals surface area (Å²) < 4.78 is 0. The molecule has 3 aliphatic carbocycles. The van der Waals surface area contributed by atoms with Crippen molar-refractivity contribution < 1.29 is 15.0 Å². The molecule has 2 N–H and O–H groups in total. The van der Waals surface area contributed by atoms with Gasteiger partial charge in [0.2, 0.25) is 0 Å². The van der Waals surface area contributed by atoms with Gasteiger partial charge in [-0.3, -0.25) is 9.69 Å². The number of carbonyl (C=O) groups is 1. The molecule has 0 amide bonds. The second-order valence-corrected chi connectivity index (χ2v) is 8.49. The second-order valence-electron chi connectivity index (χ2n) is 8.49. The van der Waals surface area contributed by atoms with Gasteiger partial charge in [-0.1, -0.05) is 12.5 Å². The van der Waals surface area contributed by atoms with Crippen LogP contribution in [0.25, 0.3) is 0 Å². The van der Waals surface area contributed by atoms with E-state index in [-0.39, 0.29) is 17.6 Å². The Morgan fingerprint density at radius 2 is 2.12 bits per heavy atom. The summed E-state index contributed by atoms with van der Waals surface area (Å²) in [4.78, 5) is 14.8. The SMILES string of the molecule is O=C1C=C[C@@]2(O)[C@H]3Cc4ccc(O)cc4[C@@]2(CCN3CC2CCC2)C1. The summed E-state index contributed by atoms with van der Waals surface area (Å²) in [5.74, 6) is 1.05. The minimum absolute atomic E-state index is 0.0169. The number of ketones is 1. The summed E-state index contributed by atoms with van der Waals surface area (Å²) >= 11 is 0. The van der Waals surface area contributed by atoms with Crippen LogP contribution in [-0.4, -0.2) is 45.6 Å². The monoisotopic (exact) mass is 339 g/mol. The van der Waals surface area contributed by atoms with Crippen molar-refractivity contribution in [2.24, 2.45) is 5.92 Å². The van der Waals surface area contributed by atoms with Crippen molar-refractivity contribution in [1.82, 2.24) is 4.90 Å². The molecule has 25 heavy (non-hydrogen) atoms. The van der Waals surface area contributed by atoms with Gasteiger partial charge in [0.25, 0.3) is 0 Å². The molecular weight excluding hydrogens is 314 g/mol. The Labute approximate surface area is 148 Å². The first-order valence-electron chi connectivity index (χ1n) is 9.53. The van der Waals surface area contributed by atoms with E-state index >= 15 is 0 Å². The van der Waals surface area contributed by atoms with Crippen LogP contribution in [0, 0.1) is 5.92 Å². The van der Waals surface area contributed by atoms with Crippen LogP contribution in [0.5, 0.6) is 5.75 Å². The molecule has 0 aromatic heterocycles. The third-order valence-electron chi connectivity index (χ3n) is 7.28. The molecule has 2 bridgehead atoms. The van der Waals surface area contributed by atoms with Gasteiger partial charge < -0.3 is 10.2 Å². The summed E-state index contributed by atoms with van der Waals surface area (Å²) in [5.41, 5.74) is 0.538. The van der Waals surface area contributed by atoms with Gasteiger partial charge in [-0.05, 0) is 73.6 Å². The maximum atomic E-state index is 12.3. The van der Waals surface area contributed by atoms with E-state index in [1.165, 1.54) is 24.8 Å². The third-order valence-corrected chi connectivity index (χ3v) is 7.28. The molecule has 3 atom stereocenters. The number of likely N-dealkylation sites (tertiary alicyclic amines) is 1. The fourth-order valence-corrected chi connectivity index (χ4v) is 5.72. The minimum atomic E-state index is -1.02. The molecule has 132 valence electrons.